The summed E-state index contributed by atoms with van der Waals surface area (Å²) in [6.45, 7) is 4.75. The largest absolute Gasteiger partial charge is 0.481 e. The fraction of sp³-hybridized carbons (Fsp3) is 0.615. The van der Waals surface area contributed by atoms with E-state index in [-0.39, 0.29) is 18.4 Å². The minimum Gasteiger partial charge on any atom is -0.481 e. The molecule has 1 N–H and O–H groups in total. The second-order valence-corrected chi connectivity index (χ2v) is 5.51. The summed E-state index contributed by atoms with van der Waals surface area (Å²) in [7, 11) is 0. The number of carboxylic acid groups (broad SMARTS) is 1. The van der Waals surface area contributed by atoms with E-state index in [1.54, 1.807) is 16.5 Å². The molecule has 0 radical (unpaired) electrons. The fourth-order valence-corrected chi connectivity index (χ4v) is 2.57. The summed E-state index contributed by atoms with van der Waals surface area (Å²) in [6, 6.07) is 0. The number of carbonyl (C=O) groups is 2. The van der Waals surface area contributed by atoms with Gasteiger partial charge in [-0.15, -0.1) is 0 Å². The SMILES string of the molecule is Cc1nn(CC(=O)N2CCC(C(=O)O)CC2)c(C)c1Cl. The van der Waals surface area contributed by atoms with Gasteiger partial charge in [0.15, 0.2) is 0 Å². The van der Waals surface area contributed by atoms with Crippen molar-refractivity contribution in [2.75, 3.05) is 13.1 Å². The molecule has 1 aromatic rings. The van der Waals surface area contributed by atoms with E-state index in [2.05, 4.69) is 5.10 Å². The number of aromatic nitrogens is 2. The van der Waals surface area contributed by atoms with E-state index < -0.39 is 5.97 Å². The Kier molecular flexibility index (Phi) is 4.32. The van der Waals surface area contributed by atoms with Gasteiger partial charge in [0, 0.05) is 13.1 Å². The number of aryl methyl sites for hydroxylation is 1. The maximum atomic E-state index is 12.2. The average Bonchev–Trinajstić information content (AvgIpc) is 2.66. The number of amides is 1. The lowest BCUT2D eigenvalue weighted by atomic mass is 9.97. The van der Waals surface area contributed by atoms with Crippen LogP contribution in [0.2, 0.25) is 5.02 Å². The van der Waals surface area contributed by atoms with Crippen LogP contribution in [0.1, 0.15) is 24.2 Å². The van der Waals surface area contributed by atoms with Crippen molar-refractivity contribution in [2.45, 2.75) is 33.2 Å². The van der Waals surface area contributed by atoms with Crippen molar-refractivity contribution >= 4 is 23.5 Å². The minimum absolute atomic E-state index is 0.0453. The Labute approximate surface area is 122 Å². The summed E-state index contributed by atoms with van der Waals surface area (Å²) in [6.07, 6.45) is 1.03. The van der Waals surface area contributed by atoms with Crippen LogP contribution in [0.3, 0.4) is 0 Å². The Morgan fingerprint density at radius 3 is 2.40 bits per heavy atom. The molecule has 0 aromatic carbocycles. The molecule has 1 fully saturated rings. The normalized spacial score (nSPS) is 16.4. The Morgan fingerprint density at radius 2 is 1.95 bits per heavy atom. The molecule has 20 heavy (non-hydrogen) atoms. The standard InChI is InChI=1S/C13H18ClN3O3/c1-8-12(14)9(2)17(15-8)7-11(18)16-5-3-10(4-6-16)13(19)20/h10H,3-7H2,1-2H3,(H,19,20). The number of nitrogens with zero attached hydrogens (tertiary/aromatic N) is 3. The van der Waals surface area contributed by atoms with Gasteiger partial charge in [-0.05, 0) is 26.7 Å². The number of likely N-dealkylation sites (tertiary alicyclic amines) is 1. The first-order chi connectivity index (χ1) is 9.40. The van der Waals surface area contributed by atoms with Crippen molar-refractivity contribution in [3.05, 3.63) is 16.4 Å². The van der Waals surface area contributed by atoms with Gasteiger partial charge in [-0.25, -0.2) is 0 Å². The lowest BCUT2D eigenvalue weighted by molar-refractivity contribution is -0.145. The third-order valence-electron chi connectivity index (χ3n) is 3.78. The predicted octanol–water partition coefficient (Wildman–Crippen LogP) is 1.48. The maximum Gasteiger partial charge on any atom is 0.306 e. The third kappa shape index (κ3) is 2.95. The van der Waals surface area contributed by atoms with Gasteiger partial charge in [0.2, 0.25) is 5.91 Å². The number of hydrogen-bond donors (Lipinski definition) is 1. The van der Waals surface area contributed by atoms with Gasteiger partial charge in [0.1, 0.15) is 6.54 Å². The molecule has 2 rings (SSSR count). The highest BCUT2D eigenvalue weighted by atomic mass is 35.5. The predicted molar refractivity (Wildman–Crippen MR) is 73.7 cm³/mol. The van der Waals surface area contributed by atoms with Crippen LogP contribution >= 0.6 is 11.6 Å². The van der Waals surface area contributed by atoms with Crippen molar-refractivity contribution in [1.82, 2.24) is 14.7 Å². The highest BCUT2D eigenvalue weighted by molar-refractivity contribution is 6.31. The van der Waals surface area contributed by atoms with Crippen LogP contribution in [0.15, 0.2) is 0 Å². The molecule has 0 atom stereocenters. The minimum atomic E-state index is -0.776. The van der Waals surface area contributed by atoms with Crippen molar-refractivity contribution in [3.63, 3.8) is 0 Å². The highest BCUT2D eigenvalue weighted by Crippen LogP contribution is 2.20. The van der Waals surface area contributed by atoms with Crippen LogP contribution in [0.5, 0.6) is 0 Å². The van der Waals surface area contributed by atoms with Gasteiger partial charge < -0.3 is 10.0 Å². The zero-order valence-electron chi connectivity index (χ0n) is 11.6. The van der Waals surface area contributed by atoms with E-state index >= 15 is 0 Å². The molecule has 0 spiro atoms. The number of rotatable bonds is 3. The van der Waals surface area contributed by atoms with E-state index in [0.717, 1.165) is 5.69 Å². The molecule has 0 unspecified atom stereocenters. The first-order valence-electron chi connectivity index (χ1n) is 6.60. The van der Waals surface area contributed by atoms with Crippen molar-refractivity contribution in [1.29, 1.82) is 0 Å². The Morgan fingerprint density at radius 1 is 1.35 bits per heavy atom. The number of halogens is 1. The van der Waals surface area contributed by atoms with E-state index in [4.69, 9.17) is 16.7 Å². The number of piperidine rings is 1. The molecular formula is C13H18ClN3O3. The zero-order chi connectivity index (χ0) is 14.9. The van der Waals surface area contributed by atoms with Gasteiger partial charge in [-0.2, -0.15) is 5.10 Å². The smallest absolute Gasteiger partial charge is 0.306 e. The molecule has 1 aliphatic heterocycles. The van der Waals surface area contributed by atoms with Gasteiger partial charge in [0.05, 0.1) is 22.3 Å². The van der Waals surface area contributed by atoms with E-state index in [1.807, 2.05) is 6.92 Å². The average molecular weight is 300 g/mol. The van der Waals surface area contributed by atoms with Crippen LogP contribution < -0.4 is 0 Å². The molecule has 6 nitrogen and oxygen atoms in total. The summed E-state index contributed by atoms with van der Waals surface area (Å²) in [5, 5.41) is 13.8. The summed E-state index contributed by atoms with van der Waals surface area (Å²) < 4.78 is 1.60. The first-order valence-corrected chi connectivity index (χ1v) is 6.98. The van der Waals surface area contributed by atoms with E-state index in [9.17, 15) is 9.59 Å². The molecular weight excluding hydrogens is 282 g/mol. The zero-order valence-corrected chi connectivity index (χ0v) is 12.4. The summed E-state index contributed by atoms with van der Waals surface area (Å²) in [4.78, 5) is 24.8. The highest BCUT2D eigenvalue weighted by Gasteiger charge is 2.27. The van der Waals surface area contributed by atoms with Crippen LogP contribution in [0.4, 0.5) is 0 Å². The summed E-state index contributed by atoms with van der Waals surface area (Å²) in [5.41, 5.74) is 1.49. The second-order valence-electron chi connectivity index (χ2n) is 5.14. The summed E-state index contributed by atoms with van der Waals surface area (Å²) >= 11 is 6.05. The molecule has 0 saturated carbocycles. The van der Waals surface area contributed by atoms with Gasteiger partial charge in [0.25, 0.3) is 0 Å². The van der Waals surface area contributed by atoms with Crippen molar-refractivity contribution in [3.8, 4) is 0 Å². The Bertz CT molecular complexity index is 533. The third-order valence-corrected chi connectivity index (χ3v) is 4.32. The van der Waals surface area contributed by atoms with Crippen molar-refractivity contribution < 1.29 is 14.7 Å². The Hall–Kier alpha value is -1.56. The topological polar surface area (TPSA) is 75.4 Å². The first kappa shape index (κ1) is 14.8. The van der Waals surface area contributed by atoms with Gasteiger partial charge in [-0.3, -0.25) is 14.3 Å². The van der Waals surface area contributed by atoms with Crippen LogP contribution in [-0.2, 0) is 16.1 Å². The molecule has 1 aliphatic rings. The molecule has 110 valence electrons. The molecule has 7 heteroatoms. The lowest BCUT2D eigenvalue weighted by Gasteiger charge is -2.30. The Balaban J connectivity index is 1.96. The number of aliphatic carboxylic acids is 1. The maximum absolute atomic E-state index is 12.2. The molecule has 0 bridgehead atoms. The van der Waals surface area contributed by atoms with Gasteiger partial charge >= 0.3 is 5.97 Å². The van der Waals surface area contributed by atoms with Gasteiger partial charge in [-0.1, -0.05) is 11.6 Å². The van der Waals surface area contributed by atoms with Crippen LogP contribution in [0, 0.1) is 19.8 Å². The van der Waals surface area contributed by atoms with E-state index in [1.165, 1.54) is 0 Å². The molecule has 1 saturated heterocycles. The van der Waals surface area contributed by atoms with E-state index in [0.29, 0.717) is 36.6 Å². The second kappa shape index (κ2) is 5.83. The number of carboxylic acids is 1. The van der Waals surface area contributed by atoms with Crippen molar-refractivity contribution in [2.24, 2.45) is 5.92 Å². The molecule has 1 amide bonds. The molecule has 1 aromatic heterocycles. The monoisotopic (exact) mass is 299 g/mol. The van der Waals surface area contributed by atoms with Crippen LogP contribution in [0.25, 0.3) is 0 Å². The number of hydrogen-bond acceptors (Lipinski definition) is 3. The quantitative estimate of drug-likeness (QED) is 0.917. The van der Waals surface area contributed by atoms with Crippen LogP contribution in [-0.4, -0.2) is 44.8 Å². The number of carbonyl (C=O) groups excluding carboxylic acids is 1. The lowest BCUT2D eigenvalue weighted by Crippen LogP contribution is -2.42. The molecule has 0 aliphatic carbocycles. The summed E-state index contributed by atoms with van der Waals surface area (Å²) in [5.74, 6) is -1.15. The molecule has 2 heterocycles. The fourth-order valence-electron chi connectivity index (χ4n) is 2.43.